The number of para-hydroxylation sites is 1. The quantitative estimate of drug-likeness (QED) is 0.908. The third kappa shape index (κ3) is 3.18. The van der Waals surface area contributed by atoms with Gasteiger partial charge in [-0.25, -0.2) is 9.36 Å². The highest BCUT2D eigenvalue weighted by molar-refractivity contribution is 6.32. The molecule has 0 spiro atoms. The van der Waals surface area contributed by atoms with Gasteiger partial charge < -0.3 is 9.64 Å². The van der Waals surface area contributed by atoms with E-state index in [-0.39, 0.29) is 12.2 Å². The molecular formula is C16H18ClN3O3. The van der Waals surface area contributed by atoms with E-state index >= 15 is 0 Å². The highest BCUT2D eigenvalue weighted by atomic mass is 35.5. The molecule has 1 saturated heterocycles. The predicted octanol–water partition coefficient (Wildman–Crippen LogP) is 1.79. The van der Waals surface area contributed by atoms with Gasteiger partial charge in [-0.05, 0) is 26.0 Å². The van der Waals surface area contributed by atoms with Gasteiger partial charge in [0.15, 0.2) is 0 Å². The summed E-state index contributed by atoms with van der Waals surface area (Å²) in [6.45, 7) is 5.17. The summed E-state index contributed by atoms with van der Waals surface area (Å²) in [5.41, 5.74) is -0.549. The molecule has 0 amide bonds. The average Bonchev–Trinajstić information content (AvgIpc) is 2.47. The number of aromatic nitrogens is 2. The highest BCUT2D eigenvalue weighted by Crippen LogP contribution is 2.18. The number of nitrogens with one attached hydrogen (secondary N) is 1. The lowest BCUT2D eigenvalue weighted by atomic mass is 10.2. The van der Waals surface area contributed by atoms with Crippen LogP contribution in [-0.4, -0.2) is 34.8 Å². The molecule has 3 rings (SSSR count). The second kappa shape index (κ2) is 6.22. The first-order valence-electron chi connectivity index (χ1n) is 7.47. The Morgan fingerprint density at radius 2 is 1.83 bits per heavy atom. The number of hydrogen-bond donors (Lipinski definition) is 1. The van der Waals surface area contributed by atoms with Crippen LogP contribution in [0, 0.1) is 0 Å². The van der Waals surface area contributed by atoms with Crippen molar-refractivity contribution >= 4 is 17.4 Å². The number of hydrogen-bond acceptors (Lipinski definition) is 4. The van der Waals surface area contributed by atoms with Gasteiger partial charge in [-0.2, -0.15) is 0 Å². The van der Waals surface area contributed by atoms with E-state index in [4.69, 9.17) is 16.3 Å². The Kier molecular flexibility index (Phi) is 4.28. The second-order valence-corrected chi connectivity index (χ2v) is 6.15. The molecule has 2 heterocycles. The monoisotopic (exact) mass is 335 g/mol. The van der Waals surface area contributed by atoms with E-state index in [1.54, 1.807) is 24.3 Å². The van der Waals surface area contributed by atoms with Crippen molar-refractivity contribution < 1.29 is 4.74 Å². The van der Waals surface area contributed by atoms with E-state index in [0.29, 0.717) is 29.6 Å². The maximum Gasteiger partial charge on any atom is 0.334 e. The number of morpholine rings is 1. The van der Waals surface area contributed by atoms with Crippen molar-refractivity contribution in [2.75, 3.05) is 18.0 Å². The number of rotatable bonds is 2. The van der Waals surface area contributed by atoms with E-state index in [9.17, 15) is 9.59 Å². The summed E-state index contributed by atoms with van der Waals surface area (Å²) >= 11 is 6.09. The van der Waals surface area contributed by atoms with Gasteiger partial charge in [-0.1, -0.05) is 23.7 Å². The minimum atomic E-state index is -0.507. The summed E-state index contributed by atoms with van der Waals surface area (Å²) in [5.74, 6) is 0.505. The Hall–Kier alpha value is -2.05. The van der Waals surface area contributed by atoms with Gasteiger partial charge >= 0.3 is 5.69 Å². The first-order valence-corrected chi connectivity index (χ1v) is 7.85. The van der Waals surface area contributed by atoms with Gasteiger partial charge in [-0.3, -0.25) is 9.78 Å². The number of nitrogens with zero attached hydrogens (tertiary/aromatic N) is 2. The zero-order valence-electron chi connectivity index (χ0n) is 13.0. The van der Waals surface area contributed by atoms with Crippen LogP contribution in [0.4, 0.5) is 5.82 Å². The van der Waals surface area contributed by atoms with E-state index in [1.807, 2.05) is 18.7 Å². The lowest BCUT2D eigenvalue weighted by Crippen LogP contribution is -2.47. The van der Waals surface area contributed by atoms with E-state index in [0.717, 1.165) is 4.57 Å². The average molecular weight is 336 g/mol. The van der Waals surface area contributed by atoms with Crippen LogP contribution in [0.5, 0.6) is 0 Å². The molecule has 2 unspecified atom stereocenters. The summed E-state index contributed by atoms with van der Waals surface area (Å²) in [5, 5.41) is 0.349. The summed E-state index contributed by atoms with van der Waals surface area (Å²) in [6.07, 6.45) is 0.0708. The first kappa shape index (κ1) is 15.8. The fourth-order valence-corrected chi connectivity index (χ4v) is 3.11. The van der Waals surface area contributed by atoms with E-state index < -0.39 is 11.2 Å². The van der Waals surface area contributed by atoms with Crippen molar-refractivity contribution in [1.82, 2.24) is 9.55 Å². The molecule has 6 nitrogen and oxygen atoms in total. The van der Waals surface area contributed by atoms with Crippen molar-refractivity contribution in [2.24, 2.45) is 0 Å². The second-order valence-electron chi connectivity index (χ2n) is 5.75. The molecule has 7 heteroatoms. The van der Waals surface area contributed by atoms with E-state index in [2.05, 4.69) is 4.98 Å². The van der Waals surface area contributed by atoms with Crippen molar-refractivity contribution in [3.63, 3.8) is 0 Å². The Labute approximate surface area is 138 Å². The van der Waals surface area contributed by atoms with Crippen molar-refractivity contribution in [3.05, 3.63) is 56.2 Å². The Balaban J connectivity index is 2.03. The molecule has 1 aromatic heterocycles. The zero-order valence-corrected chi connectivity index (χ0v) is 13.7. The fraction of sp³-hybridized carbons (Fsp3) is 0.375. The predicted molar refractivity (Wildman–Crippen MR) is 89.9 cm³/mol. The summed E-state index contributed by atoms with van der Waals surface area (Å²) in [4.78, 5) is 29.6. The molecule has 2 aromatic rings. The third-order valence-corrected chi connectivity index (χ3v) is 4.09. The minimum absolute atomic E-state index is 0.0354. The molecule has 0 radical (unpaired) electrons. The normalized spacial score (nSPS) is 21.4. The van der Waals surface area contributed by atoms with Crippen molar-refractivity contribution in [3.8, 4) is 5.69 Å². The third-order valence-electron chi connectivity index (χ3n) is 3.77. The maximum atomic E-state index is 12.4. The van der Waals surface area contributed by atoms with Crippen LogP contribution < -0.4 is 16.1 Å². The highest BCUT2D eigenvalue weighted by Gasteiger charge is 2.24. The maximum absolute atomic E-state index is 12.4. The SMILES string of the molecule is CC1CN(c2cc(=O)n(-c3ccccc3Cl)c(=O)[nH]2)CC(C)O1. The molecule has 1 N–H and O–H groups in total. The molecule has 0 aliphatic carbocycles. The van der Waals surface area contributed by atoms with Crippen LogP contribution in [0.2, 0.25) is 5.02 Å². The molecule has 1 aliphatic heterocycles. The van der Waals surface area contributed by atoms with E-state index in [1.165, 1.54) is 6.07 Å². The first-order chi connectivity index (χ1) is 11.0. The van der Waals surface area contributed by atoms with Gasteiger partial charge in [-0.15, -0.1) is 0 Å². The minimum Gasteiger partial charge on any atom is -0.372 e. The largest absolute Gasteiger partial charge is 0.372 e. The number of aromatic amines is 1. The number of halogens is 1. The molecule has 0 bridgehead atoms. The van der Waals surface area contributed by atoms with Gasteiger partial charge in [0.2, 0.25) is 0 Å². The van der Waals surface area contributed by atoms with Gasteiger partial charge in [0, 0.05) is 19.2 Å². The van der Waals surface area contributed by atoms with Gasteiger partial charge in [0.1, 0.15) is 5.82 Å². The van der Waals surface area contributed by atoms with Crippen molar-refractivity contribution in [2.45, 2.75) is 26.1 Å². The molecule has 1 aliphatic rings. The van der Waals surface area contributed by atoms with Crippen LogP contribution in [0.15, 0.2) is 39.9 Å². The fourth-order valence-electron chi connectivity index (χ4n) is 2.89. The number of ether oxygens (including phenoxy) is 1. The number of H-pyrrole nitrogens is 1. The Morgan fingerprint density at radius 1 is 1.17 bits per heavy atom. The summed E-state index contributed by atoms with van der Waals surface area (Å²) in [6, 6.07) is 8.18. The molecule has 2 atom stereocenters. The number of anilines is 1. The smallest absolute Gasteiger partial charge is 0.334 e. The summed E-state index contributed by atoms with van der Waals surface area (Å²) < 4.78 is 6.71. The molecule has 1 fully saturated rings. The number of benzene rings is 1. The molecular weight excluding hydrogens is 318 g/mol. The lowest BCUT2D eigenvalue weighted by Gasteiger charge is -2.36. The standard InChI is InChI=1S/C16H18ClN3O3/c1-10-8-19(9-11(2)23-10)14-7-15(21)20(16(22)18-14)13-6-4-3-5-12(13)17/h3-7,10-11H,8-9H2,1-2H3,(H,18,22). The van der Waals surface area contributed by atoms with Crippen molar-refractivity contribution in [1.29, 1.82) is 0 Å². The molecule has 1 aromatic carbocycles. The van der Waals surface area contributed by atoms with Gasteiger partial charge in [0.25, 0.3) is 5.56 Å². The van der Waals surface area contributed by atoms with Crippen LogP contribution in [0.1, 0.15) is 13.8 Å². The topological polar surface area (TPSA) is 67.3 Å². The molecule has 0 saturated carbocycles. The Bertz CT molecular complexity index is 789. The molecule has 23 heavy (non-hydrogen) atoms. The van der Waals surface area contributed by atoms with Crippen LogP contribution in [0.3, 0.4) is 0 Å². The van der Waals surface area contributed by atoms with Gasteiger partial charge in [0.05, 0.1) is 22.9 Å². The van der Waals surface area contributed by atoms with Crippen LogP contribution >= 0.6 is 11.6 Å². The lowest BCUT2D eigenvalue weighted by molar-refractivity contribution is -0.00549. The molecule has 122 valence electrons. The van der Waals surface area contributed by atoms with Crippen LogP contribution in [0.25, 0.3) is 5.69 Å². The zero-order chi connectivity index (χ0) is 16.6. The summed E-state index contributed by atoms with van der Waals surface area (Å²) in [7, 11) is 0. The Morgan fingerprint density at radius 3 is 2.43 bits per heavy atom. The van der Waals surface area contributed by atoms with Crippen LogP contribution in [-0.2, 0) is 4.74 Å².